The topological polar surface area (TPSA) is 96.0 Å². The minimum absolute atomic E-state index is 0.0545. The Hall–Kier alpha value is -3.85. The van der Waals surface area contributed by atoms with Gasteiger partial charge in [0.05, 0.1) is 17.7 Å². The number of sulfonamides is 1. The zero-order valence-corrected chi connectivity index (χ0v) is 26.3. The second kappa shape index (κ2) is 14.9. The number of aryl methyl sites for hydroxylation is 3. The van der Waals surface area contributed by atoms with E-state index in [0.29, 0.717) is 18.7 Å². The highest BCUT2D eigenvalue weighted by molar-refractivity contribution is 7.92. The van der Waals surface area contributed by atoms with Gasteiger partial charge in [-0.15, -0.1) is 0 Å². The number of nitrogens with zero attached hydrogens (tertiary/aromatic N) is 2. The zero-order valence-electron chi connectivity index (χ0n) is 25.5. The summed E-state index contributed by atoms with van der Waals surface area (Å²) in [6.45, 7) is 9.74. The SMILES string of the molecule is CCCCNC(=O)[C@H](CC)N(Cc1ccc(C)cc1)C(=O)CN(c1cc(C)ccc1OC)S(=O)(=O)c1ccc(C)cc1. The number of hydrogen-bond acceptors (Lipinski definition) is 5. The van der Waals surface area contributed by atoms with Gasteiger partial charge in [0.15, 0.2) is 0 Å². The molecule has 9 heteroatoms. The number of methoxy groups -OCH3 is 1. The van der Waals surface area contributed by atoms with Crippen LogP contribution in [0.2, 0.25) is 0 Å². The Labute approximate surface area is 250 Å². The van der Waals surface area contributed by atoms with E-state index in [-0.39, 0.29) is 23.0 Å². The molecule has 0 aliphatic rings. The third-order valence-electron chi connectivity index (χ3n) is 7.18. The van der Waals surface area contributed by atoms with Crippen LogP contribution < -0.4 is 14.4 Å². The van der Waals surface area contributed by atoms with Gasteiger partial charge >= 0.3 is 0 Å². The van der Waals surface area contributed by atoms with E-state index in [9.17, 15) is 18.0 Å². The van der Waals surface area contributed by atoms with E-state index in [1.54, 1.807) is 24.3 Å². The number of rotatable bonds is 14. The molecule has 0 saturated carbocycles. The molecular weight excluding hydrogens is 550 g/mol. The molecular formula is C33H43N3O5S. The molecule has 0 saturated heterocycles. The van der Waals surface area contributed by atoms with Crippen molar-refractivity contribution in [2.45, 2.75) is 71.4 Å². The highest BCUT2D eigenvalue weighted by Gasteiger charge is 2.34. The van der Waals surface area contributed by atoms with Crippen molar-refractivity contribution in [1.82, 2.24) is 10.2 Å². The smallest absolute Gasteiger partial charge is 0.264 e. The van der Waals surface area contributed by atoms with E-state index in [2.05, 4.69) is 5.32 Å². The normalized spacial score (nSPS) is 12.0. The van der Waals surface area contributed by atoms with Gasteiger partial charge in [-0.25, -0.2) is 8.42 Å². The number of amides is 2. The second-order valence-corrected chi connectivity index (χ2v) is 12.4. The molecule has 3 aromatic rings. The van der Waals surface area contributed by atoms with Crippen molar-refractivity contribution in [1.29, 1.82) is 0 Å². The Balaban J connectivity index is 2.10. The molecule has 0 aliphatic heterocycles. The molecule has 0 bridgehead atoms. The van der Waals surface area contributed by atoms with Crippen molar-refractivity contribution in [2.24, 2.45) is 0 Å². The van der Waals surface area contributed by atoms with Gasteiger partial charge in [0.1, 0.15) is 18.3 Å². The van der Waals surface area contributed by atoms with Crippen molar-refractivity contribution < 1.29 is 22.7 Å². The average Bonchev–Trinajstić information content (AvgIpc) is 2.97. The number of benzene rings is 3. The summed E-state index contributed by atoms with van der Waals surface area (Å²) in [6.07, 6.45) is 2.12. The summed E-state index contributed by atoms with van der Waals surface area (Å²) in [4.78, 5) is 29.1. The van der Waals surface area contributed by atoms with E-state index in [4.69, 9.17) is 4.74 Å². The van der Waals surface area contributed by atoms with Gasteiger partial charge < -0.3 is 15.0 Å². The lowest BCUT2D eigenvalue weighted by Gasteiger charge is -2.33. The quantitative estimate of drug-likeness (QED) is 0.248. The molecule has 0 aromatic heterocycles. The molecule has 8 nitrogen and oxygen atoms in total. The van der Waals surface area contributed by atoms with Crippen molar-refractivity contribution in [3.05, 3.63) is 89.0 Å². The molecule has 42 heavy (non-hydrogen) atoms. The first-order valence-electron chi connectivity index (χ1n) is 14.4. The third-order valence-corrected chi connectivity index (χ3v) is 8.95. The molecule has 226 valence electrons. The number of carbonyl (C=O) groups is 2. The summed E-state index contributed by atoms with van der Waals surface area (Å²) in [5.41, 5.74) is 3.88. The van der Waals surface area contributed by atoms with Crippen molar-refractivity contribution >= 4 is 27.5 Å². The summed E-state index contributed by atoms with van der Waals surface area (Å²) >= 11 is 0. The lowest BCUT2D eigenvalue weighted by molar-refractivity contribution is -0.140. The highest BCUT2D eigenvalue weighted by atomic mass is 32.2. The highest BCUT2D eigenvalue weighted by Crippen LogP contribution is 2.34. The Morgan fingerprint density at radius 2 is 1.48 bits per heavy atom. The van der Waals surface area contributed by atoms with Crippen LogP contribution in [-0.2, 0) is 26.2 Å². The fourth-order valence-electron chi connectivity index (χ4n) is 4.66. The van der Waals surface area contributed by atoms with Gasteiger partial charge in [0.2, 0.25) is 11.8 Å². The van der Waals surface area contributed by atoms with Crippen LogP contribution in [-0.4, -0.2) is 51.4 Å². The van der Waals surface area contributed by atoms with Gasteiger partial charge in [-0.2, -0.15) is 0 Å². The molecule has 0 heterocycles. The fourth-order valence-corrected chi connectivity index (χ4v) is 6.08. The number of ether oxygens (including phenoxy) is 1. The molecule has 0 aliphatic carbocycles. The summed E-state index contributed by atoms with van der Waals surface area (Å²) in [5.74, 6) is -0.432. The van der Waals surface area contributed by atoms with E-state index in [0.717, 1.165) is 39.4 Å². The Bertz CT molecular complexity index is 1450. The van der Waals surface area contributed by atoms with Gasteiger partial charge in [-0.05, 0) is 69.0 Å². The molecule has 0 fully saturated rings. The van der Waals surface area contributed by atoms with E-state index in [1.165, 1.54) is 24.1 Å². The number of carbonyl (C=O) groups excluding carboxylic acids is 2. The van der Waals surface area contributed by atoms with Crippen LogP contribution in [0.5, 0.6) is 5.75 Å². The van der Waals surface area contributed by atoms with Gasteiger partial charge in [0, 0.05) is 13.1 Å². The summed E-state index contributed by atoms with van der Waals surface area (Å²) < 4.78 is 34.9. The number of anilines is 1. The summed E-state index contributed by atoms with van der Waals surface area (Å²) in [6, 6.07) is 18.7. The van der Waals surface area contributed by atoms with E-state index in [1.807, 2.05) is 65.0 Å². The maximum Gasteiger partial charge on any atom is 0.264 e. The standard InChI is InChI=1S/C33H43N3O5S/c1-7-9-20-34-33(38)29(8-2)35(22-27-15-10-24(3)11-16-27)32(37)23-36(30-21-26(5)14-19-31(30)41-6)42(39,40)28-17-12-25(4)13-18-28/h10-19,21,29H,7-9,20,22-23H2,1-6H3,(H,34,38)/t29-/m0/s1. The van der Waals surface area contributed by atoms with Crippen LogP contribution in [0.25, 0.3) is 0 Å². The minimum Gasteiger partial charge on any atom is -0.495 e. The van der Waals surface area contributed by atoms with Crippen LogP contribution in [0.4, 0.5) is 5.69 Å². The second-order valence-electron chi connectivity index (χ2n) is 10.6. The monoisotopic (exact) mass is 593 g/mol. The Morgan fingerprint density at radius 3 is 2.05 bits per heavy atom. The Kier molecular flexibility index (Phi) is 11.6. The summed E-state index contributed by atoms with van der Waals surface area (Å²) in [5, 5.41) is 2.95. The molecule has 1 N–H and O–H groups in total. The average molecular weight is 594 g/mol. The lowest BCUT2D eigenvalue weighted by Crippen LogP contribution is -2.52. The van der Waals surface area contributed by atoms with Crippen LogP contribution in [0.15, 0.2) is 71.6 Å². The molecule has 0 spiro atoms. The van der Waals surface area contributed by atoms with Gasteiger partial charge in [-0.3, -0.25) is 13.9 Å². The molecule has 0 unspecified atom stereocenters. The number of hydrogen-bond donors (Lipinski definition) is 1. The predicted octanol–water partition coefficient (Wildman–Crippen LogP) is 5.54. The van der Waals surface area contributed by atoms with Gasteiger partial charge in [-0.1, -0.05) is 73.9 Å². The zero-order chi connectivity index (χ0) is 30.9. The maximum absolute atomic E-state index is 14.2. The minimum atomic E-state index is -4.19. The molecule has 0 radical (unpaired) electrons. The molecule has 3 aromatic carbocycles. The first-order chi connectivity index (χ1) is 20.0. The largest absolute Gasteiger partial charge is 0.495 e. The Morgan fingerprint density at radius 1 is 0.881 bits per heavy atom. The first kappa shape index (κ1) is 32.7. The van der Waals surface area contributed by atoms with Crippen LogP contribution in [0, 0.1) is 20.8 Å². The molecule has 1 atom stereocenters. The lowest BCUT2D eigenvalue weighted by atomic mass is 10.1. The third kappa shape index (κ3) is 8.12. The van der Waals surface area contributed by atoms with E-state index >= 15 is 0 Å². The van der Waals surface area contributed by atoms with Crippen LogP contribution in [0.3, 0.4) is 0 Å². The van der Waals surface area contributed by atoms with Crippen LogP contribution >= 0.6 is 0 Å². The predicted molar refractivity (Wildman–Crippen MR) is 167 cm³/mol. The summed E-state index contributed by atoms with van der Waals surface area (Å²) in [7, 11) is -2.73. The molecule has 3 rings (SSSR count). The molecule has 2 amide bonds. The number of nitrogens with one attached hydrogen (secondary N) is 1. The van der Waals surface area contributed by atoms with Gasteiger partial charge in [0.25, 0.3) is 10.0 Å². The van der Waals surface area contributed by atoms with Crippen LogP contribution in [0.1, 0.15) is 55.4 Å². The van der Waals surface area contributed by atoms with E-state index < -0.39 is 28.5 Å². The maximum atomic E-state index is 14.2. The fraction of sp³-hybridized carbons (Fsp3) is 0.394. The van der Waals surface area contributed by atoms with Crippen molar-refractivity contribution in [3.63, 3.8) is 0 Å². The first-order valence-corrected chi connectivity index (χ1v) is 15.8. The van der Waals surface area contributed by atoms with Crippen molar-refractivity contribution in [3.8, 4) is 5.75 Å². The van der Waals surface area contributed by atoms with Crippen molar-refractivity contribution in [2.75, 3.05) is 24.5 Å². The number of unbranched alkanes of at least 4 members (excludes halogenated alkanes) is 1.